The lowest BCUT2D eigenvalue weighted by atomic mass is 10.2. The van der Waals surface area contributed by atoms with Crippen molar-refractivity contribution in [2.75, 3.05) is 23.3 Å². The molecule has 7 heteroatoms. The summed E-state index contributed by atoms with van der Waals surface area (Å²) in [5.74, 6) is 1.80. The van der Waals surface area contributed by atoms with Crippen molar-refractivity contribution in [1.29, 1.82) is 0 Å². The number of aromatic nitrogens is 5. The summed E-state index contributed by atoms with van der Waals surface area (Å²) >= 11 is 0. The Morgan fingerprint density at radius 1 is 1.14 bits per heavy atom. The molecular formula is C15H17N7. The topological polar surface area (TPSA) is 71.2 Å². The first kappa shape index (κ1) is 13.0. The Labute approximate surface area is 128 Å². The molecular weight excluding hydrogens is 278 g/mol. The maximum atomic E-state index is 4.47. The minimum Gasteiger partial charge on any atom is -0.363 e. The normalized spacial score (nSPS) is 14.6. The van der Waals surface area contributed by atoms with Crippen LogP contribution in [0.2, 0.25) is 0 Å². The minimum absolute atomic E-state index is 0.683. The molecule has 22 heavy (non-hydrogen) atoms. The summed E-state index contributed by atoms with van der Waals surface area (Å²) in [5.41, 5.74) is 1.91. The predicted octanol–water partition coefficient (Wildman–Crippen LogP) is 1.73. The third-order valence-electron chi connectivity index (χ3n) is 3.92. The average molecular weight is 295 g/mol. The first-order valence-electron chi connectivity index (χ1n) is 7.48. The van der Waals surface area contributed by atoms with Crippen LogP contribution in [0.15, 0.2) is 37.1 Å². The molecule has 0 amide bonds. The second-order valence-electron chi connectivity index (χ2n) is 5.41. The lowest BCUT2D eigenvalue weighted by molar-refractivity contribution is 0.931. The van der Waals surface area contributed by atoms with Gasteiger partial charge in [0.2, 0.25) is 5.65 Å². The molecule has 3 aromatic rings. The molecule has 1 fully saturated rings. The van der Waals surface area contributed by atoms with Crippen LogP contribution in [0.1, 0.15) is 18.4 Å². The summed E-state index contributed by atoms with van der Waals surface area (Å²) in [6.45, 7) is 2.89. The molecule has 0 spiro atoms. The Bertz CT molecular complexity index is 776. The Morgan fingerprint density at radius 2 is 2.05 bits per heavy atom. The molecule has 1 N–H and O–H groups in total. The Balaban J connectivity index is 1.51. The second-order valence-corrected chi connectivity index (χ2v) is 5.41. The highest BCUT2D eigenvalue weighted by Crippen LogP contribution is 2.19. The number of fused-ring (bicyclic) bond motifs is 1. The molecule has 0 saturated carbocycles. The molecule has 0 atom stereocenters. The van der Waals surface area contributed by atoms with Gasteiger partial charge in [0.05, 0.1) is 0 Å². The van der Waals surface area contributed by atoms with E-state index in [0.29, 0.717) is 6.54 Å². The van der Waals surface area contributed by atoms with Crippen LogP contribution in [0.25, 0.3) is 5.65 Å². The van der Waals surface area contributed by atoms with Crippen LogP contribution in [-0.2, 0) is 6.54 Å². The zero-order chi connectivity index (χ0) is 14.8. The Hall–Kier alpha value is -2.70. The van der Waals surface area contributed by atoms with Gasteiger partial charge in [-0.2, -0.15) is 0 Å². The zero-order valence-electron chi connectivity index (χ0n) is 12.2. The second kappa shape index (κ2) is 5.59. The molecule has 112 valence electrons. The van der Waals surface area contributed by atoms with E-state index in [1.54, 1.807) is 12.5 Å². The standard InChI is InChI=1S/C15H17N7/c1-2-7-21(6-1)13-9-12(3-4-16-13)10-18-14-15-20-19-11-22(15)8-5-17-14/h3-5,8-9,11H,1-2,6-7,10H2,(H,17,18). The van der Waals surface area contributed by atoms with Crippen molar-refractivity contribution in [3.8, 4) is 0 Å². The third kappa shape index (κ3) is 2.45. The van der Waals surface area contributed by atoms with Gasteiger partial charge < -0.3 is 10.2 Å². The van der Waals surface area contributed by atoms with E-state index in [0.717, 1.165) is 30.4 Å². The van der Waals surface area contributed by atoms with E-state index < -0.39 is 0 Å². The zero-order valence-corrected chi connectivity index (χ0v) is 12.2. The van der Waals surface area contributed by atoms with Gasteiger partial charge in [0.25, 0.3) is 0 Å². The van der Waals surface area contributed by atoms with E-state index in [1.165, 1.54) is 18.4 Å². The monoisotopic (exact) mass is 295 g/mol. The van der Waals surface area contributed by atoms with Gasteiger partial charge in [-0.1, -0.05) is 0 Å². The number of nitrogens with one attached hydrogen (secondary N) is 1. The van der Waals surface area contributed by atoms with E-state index in [2.05, 4.69) is 36.4 Å². The molecule has 0 unspecified atom stereocenters. The molecule has 1 aliphatic heterocycles. The molecule has 4 heterocycles. The van der Waals surface area contributed by atoms with E-state index in [1.807, 2.05) is 22.9 Å². The molecule has 3 aromatic heterocycles. The quantitative estimate of drug-likeness (QED) is 0.790. The van der Waals surface area contributed by atoms with E-state index in [4.69, 9.17) is 0 Å². The Kier molecular flexibility index (Phi) is 3.30. The van der Waals surface area contributed by atoms with Crippen molar-refractivity contribution in [2.24, 2.45) is 0 Å². The van der Waals surface area contributed by atoms with Crippen LogP contribution >= 0.6 is 0 Å². The van der Waals surface area contributed by atoms with Crippen LogP contribution in [0, 0.1) is 0 Å². The summed E-state index contributed by atoms with van der Waals surface area (Å²) in [7, 11) is 0. The lowest BCUT2D eigenvalue weighted by Crippen LogP contribution is -2.19. The van der Waals surface area contributed by atoms with Gasteiger partial charge in [-0.25, -0.2) is 9.97 Å². The molecule has 0 radical (unpaired) electrons. The van der Waals surface area contributed by atoms with Gasteiger partial charge >= 0.3 is 0 Å². The van der Waals surface area contributed by atoms with Crippen LogP contribution in [0.4, 0.5) is 11.6 Å². The average Bonchev–Trinajstić information content (AvgIpc) is 3.24. The molecule has 0 bridgehead atoms. The summed E-state index contributed by atoms with van der Waals surface area (Å²) in [6, 6.07) is 4.17. The Morgan fingerprint density at radius 3 is 2.95 bits per heavy atom. The fraction of sp³-hybridized carbons (Fsp3) is 0.333. The van der Waals surface area contributed by atoms with E-state index >= 15 is 0 Å². The molecule has 1 saturated heterocycles. The van der Waals surface area contributed by atoms with Crippen molar-refractivity contribution in [3.05, 3.63) is 42.6 Å². The van der Waals surface area contributed by atoms with Crippen LogP contribution < -0.4 is 10.2 Å². The molecule has 0 aromatic carbocycles. The van der Waals surface area contributed by atoms with E-state index in [9.17, 15) is 0 Å². The summed E-state index contributed by atoms with van der Waals surface area (Å²) in [4.78, 5) is 11.1. The highest BCUT2D eigenvalue weighted by molar-refractivity contribution is 5.61. The lowest BCUT2D eigenvalue weighted by Gasteiger charge is -2.17. The smallest absolute Gasteiger partial charge is 0.203 e. The fourth-order valence-electron chi connectivity index (χ4n) is 2.76. The number of hydrogen-bond acceptors (Lipinski definition) is 6. The predicted molar refractivity (Wildman–Crippen MR) is 83.8 cm³/mol. The van der Waals surface area contributed by atoms with Crippen LogP contribution in [0.5, 0.6) is 0 Å². The van der Waals surface area contributed by atoms with Gasteiger partial charge in [0.15, 0.2) is 5.82 Å². The molecule has 7 nitrogen and oxygen atoms in total. The van der Waals surface area contributed by atoms with Crippen LogP contribution in [0.3, 0.4) is 0 Å². The highest BCUT2D eigenvalue weighted by atomic mass is 15.2. The maximum Gasteiger partial charge on any atom is 0.203 e. The summed E-state index contributed by atoms with van der Waals surface area (Å²) in [6.07, 6.45) is 9.61. The number of pyridine rings is 1. The van der Waals surface area contributed by atoms with Gasteiger partial charge in [-0.15, -0.1) is 10.2 Å². The fourth-order valence-corrected chi connectivity index (χ4v) is 2.76. The summed E-state index contributed by atoms with van der Waals surface area (Å²) in [5, 5.41) is 11.3. The molecule has 0 aliphatic carbocycles. The van der Waals surface area contributed by atoms with Crippen molar-refractivity contribution >= 4 is 17.3 Å². The first-order chi connectivity index (χ1) is 10.9. The van der Waals surface area contributed by atoms with Gasteiger partial charge in [0.1, 0.15) is 12.1 Å². The van der Waals surface area contributed by atoms with Crippen molar-refractivity contribution in [3.63, 3.8) is 0 Å². The first-order valence-corrected chi connectivity index (χ1v) is 7.48. The SMILES string of the molecule is c1cc(CNc2nccn3cnnc23)cc(N2CCCC2)n1. The van der Waals surface area contributed by atoms with Crippen LogP contribution in [-0.4, -0.2) is 37.7 Å². The van der Waals surface area contributed by atoms with Crippen molar-refractivity contribution < 1.29 is 0 Å². The number of nitrogens with zero attached hydrogens (tertiary/aromatic N) is 6. The van der Waals surface area contributed by atoms with Gasteiger partial charge in [-0.05, 0) is 30.5 Å². The summed E-state index contributed by atoms with van der Waals surface area (Å²) < 4.78 is 1.84. The molecule has 1 aliphatic rings. The number of anilines is 2. The highest BCUT2D eigenvalue weighted by Gasteiger charge is 2.13. The third-order valence-corrected chi connectivity index (χ3v) is 3.92. The minimum atomic E-state index is 0.683. The number of hydrogen-bond donors (Lipinski definition) is 1. The van der Waals surface area contributed by atoms with Gasteiger partial charge in [0, 0.05) is 38.2 Å². The van der Waals surface area contributed by atoms with Crippen molar-refractivity contribution in [1.82, 2.24) is 24.6 Å². The number of rotatable bonds is 4. The largest absolute Gasteiger partial charge is 0.363 e. The van der Waals surface area contributed by atoms with Crippen molar-refractivity contribution in [2.45, 2.75) is 19.4 Å². The molecule has 4 rings (SSSR count). The van der Waals surface area contributed by atoms with Gasteiger partial charge in [-0.3, -0.25) is 4.40 Å². The maximum absolute atomic E-state index is 4.47. The van der Waals surface area contributed by atoms with E-state index in [-0.39, 0.29) is 0 Å².